The molecule has 0 N–H and O–H groups in total. The minimum atomic E-state index is 0. The van der Waals surface area contributed by atoms with Crippen molar-refractivity contribution in [3.8, 4) is 0 Å². The highest BCUT2D eigenvalue weighted by molar-refractivity contribution is 4.51. The van der Waals surface area contributed by atoms with Crippen LogP contribution in [0.3, 0.4) is 0 Å². The number of halogens is 3. The molecular weight excluding hydrogens is 785 g/mol. The van der Waals surface area contributed by atoms with Crippen LogP contribution in [0, 0.1) is 0 Å². The first-order chi connectivity index (χ1) is 19.5. The van der Waals surface area contributed by atoms with Gasteiger partial charge in [0, 0.05) is 0 Å². The van der Waals surface area contributed by atoms with Gasteiger partial charge in [-0.25, -0.2) is 0 Å². The molecule has 0 amide bonds. The van der Waals surface area contributed by atoms with Crippen molar-refractivity contribution in [2.45, 2.75) is 168 Å². The van der Waals surface area contributed by atoms with Gasteiger partial charge in [0.15, 0.2) is 0 Å². The molecule has 0 aromatic carbocycles. The number of quaternary nitrogens is 3. The van der Waals surface area contributed by atoms with Crippen LogP contribution in [0.25, 0.3) is 0 Å². The van der Waals surface area contributed by atoms with Crippen LogP contribution in [0.4, 0.5) is 0 Å². The first kappa shape index (κ1) is 52.4. The molecule has 0 heterocycles. The molecule has 0 aliphatic carbocycles. The summed E-state index contributed by atoms with van der Waals surface area (Å²) in [4.78, 5) is 0. The maximum atomic E-state index is 2.47. The van der Waals surface area contributed by atoms with E-state index in [2.05, 4.69) is 56.1 Å². The van der Waals surface area contributed by atoms with Crippen molar-refractivity contribution in [1.29, 1.82) is 0 Å². The Bertz CT molecular complexity index is 512. The van der Waals surface area contributed by atoms with E-state index >= 15 is 0 Å². The molecule has 3 nitrogen and oxygen atoms in total. The summed E-state index contributed by atoms with van der Waals surface area (Å²) in [6.45, 7) is 12.5. The van der Waals surface area contributed by atoms with Crippen LogP contribution in [0.15, 0.2) is 0 Å². The van der Waals surface area contributed by atoms with E-state index in [1.54, 1.807) is 0 Å². The zero-order valence-corrected chi connectivity index (χ0v) is 37.0. The average molecular weight is 870 g/mol. The quantitative estimate of drug-likeness (QED) is 0.0549. The van der Waals surface area contributed by atoms with Crippen molar-refractivity contribution in [1.82, 2.24) is 0 Å². The fraction of sp³-hybridized carbons (Fsp3) is 1.00. The Morgan fingerprint density at radius 3 is 0.614 bits per heavy atom. The Labute approximate surface area is 318 Å². The molecule has 0 fully saturated rings. The zero-order valence-electron chi connectivity index (χ0n) is 31.7. The van der Waals surface area contributed by atoms with Crippen molar-refractivity contribution in [3.63, 3.8) is 0 Å². The summed E-state index contributed by atoms with van der Waals surface area (Å²) in [6.07, 6.45) is 34.7. The zero-order chi connectivity index (χ0) is 30.7. The van der Waals surface area contributed by atoms with Crippen LogP contribution in [0.2, 0.25) is 0 Å². The normalized spacial score (nSPS) is 12.0. The molecule has 0 aromatic rings. The number of nitrogens with zero attached hydrogens (tertiary/aromatic N) is 3. The number of hydrogen-bond donors (Lipinski definition) is 0. The van der Waals surface area contributed by atoms with E-state index in [1.165, 1.54) is 207 Å². The summed E-state index contributed by atoms with van der Waals surface area (Å²) in [7, 11) is 14.8. The van der Waals surface area contributed by atoms with Crippen LogP contribution in [0.1, 0.15) is 168 Å². The van der Waals surface area contributed by atoms with Crippen molar-refractivity contribution >= 4 is 0 Å². The number of likely N-dealkylation sites (N-methyl/N-ethyl adjacent to an activating group) is 3. The standard InChI is InChI=1S/C38H84N3.2BrH.HI/c1-9-11-13-15-17-19-21-23-25-27-29-31-33-39(3,4)35-37-41(7,8)38-36-40(5,6)34-32-30-28-26-24-22-20-18-16-14-12-10-2;;;/h9-38H2,1-8H3;3*1H/q+3;;;/p-3. The second kappa shape index (κ2) is 34.4. The minimum Gasteiger partial charge on any atom is -1.00 e. The third kappa shape index (κ3) is 38.0. The summed E-state index contributed by atoms with van der Waals surface area (Å²) in [6, 6.07) is 0. The van der Waals surface area contributed by atoms with Gasteiger partial charge < -0.3 is 71.4 Å². The van der Waals surface area contributed by atoms with E-state index in [-0.39, 0.29) is 57.9 Å². The molecule has 0 atom stereocenters. The highest BCUT2D eigenvalue weighted by Crippen LogP contribution is 2.15. The number of rotatable bonds is 32. The minimum absolute atomic E-state index is 0. The maximum absolute atomic E-state index is 2.47. The molecule has 0 spiro atoms. The van der Waals surface area contributed by atoms with Gasteiger partial charge in [-0.1, -0.05) is 142 Å². The molecule has 0 unspecified atom stereocenters. The summed E-state index contributed by atoms with van der Waals surface area (Å²) < 4.78 is 3.55. The van der Waals surface area contributed by atoms with Gasteiger partial charge in [0.1, 0.15) is 26.2 Å². The third-order valence-electron chi connectivity index (χ3n) is 9.86. The lowest BCUT2D eigenvalue weighted by molar-refractivity contribution is -0.967. The molecule has 0 aliphatic rings. The Balaban J connectivity index is -0.00000267. The molecular formula is C38H84Br2IN3. The van der Waals surface area contributed by atoms with Gasteiger partial charge in [-0.05, 0) is 25.7 Å². The lowest BCUT2D eigenvalue weighted by Gasteiger charge is -2.38. The predicted molar refractivity (Wildman–Crippen MR) is 188 cm³/mol. The molecule has 0 bridgehead atoms. The molecule has 0 rings (SSSR count). The van der Waals surface area contributed by atoms with Crippen molar-refractivity contribution in [3.05, 3.63) is 0 Å². The van der Waals surface area contributed by atoms with E-state index in [9.17, 15) is 0 Å². The van der Waals surface area contributed by atoms with Crippen molar-refractivity contribution in [2.24, 2.45) is 0 Å². The Morgan fingerprint density at radius 2 is 0.409 bits per heavy atom. The Morgan fingerprint density at radius 1 is 0.250 bits per heavy atom. The van der Waals surface area contributed by atoms with Gasteiger partial charge in [-0.3, -0.25) is 0 Å². The van der Waals surface area contributed by atoms with Crippen LogP contribution in [0.5, 0.6) is 0 Å². The predicted octanol–water partition coefficient (Wildman–Crippen LogP) is 1.63. The molecule has 0 aliphatic heterocycles. The van der Waals surface area contributed by atoms with E-state index < -0.39 is 0 Å². The fourth-order valence-corrected chi connectivity index (χ4v) is 6.18. The second-order valence-electron chi connectivity index (χ2n) is 15.9. The molecule has 6 heteroatoms. The molecule has 44 heavy (non-hydrogen) atoms. The third-order valence-corrected chi connectivity index (χ3v) is 9.86. The molecule has 0 saturated carbocycles. The largest absolute Gasteiger partial charge is 1.00 e. The summed E-state index contributed by atoms with van der Waals surface area (Å²) in [5.41, 5.74) is 0. The van der Waals surface area contributed by atoms with E-state index in [4.69, 9.17) is 0 Å². The smallest absolute Gasteiger partial charge is 0.128 e. The SMILES string of the molecule is CCCCCCCCCCCCCC[N+](C)(C)CC[N+](C)(C)CC[N+](C)(C)CCCCCCCCCCCCCC.[Br-].[Br-].[I-]. The first-order valence-electron chi connectivity index (χ1n) is 19.0. The Kier molecular flexibility index (Phi) is 41.0. The van der Waals surface area contributed by atoms with Crippen LogP contribution >= 0.6 is 0 Å². The van der Waals surface area contributed by atoms with E-state index in [0.717, 1.165) is 0 Å². The lowest BCUT2D eigenvalue weighted by Crippen LogP contribution is -3.00. The summed E-state index contributed by atoms with van der Waals surface area (Å²) in [5, 5.41) is 0. The number of hydrogen-bond acceptors (Lipinski definition) is 0. The molecule has 0 aromatic heterocycles. The van der Waals surface area contributed by atoms with Crippen LogP contribution in [-0.4, -0.2) is 95.0 Å². The maximum Gasteiger partial charge on any atom is 0.128 e. The van der Waals surface area contributed by atoms with Gasteiger partial charge in [0.2, 0.25) is 0 Å². The van der Waals surface area contributed by atoms with E-state index in [0.29, 0.717) is 0 Å². The number of unbranched alkanes of at least 4 members (excludes halogenated alkanes) is 22. The highest BCUT2D eigenvalue weighted by atomic mass is 127. The van der Waals surface area contributed by atoms with E-state index in [1.807, 2.05) is 0 Å². The molecule has 272 valence electrons. The van der Waals surface area contributed by atoms with Gasteiger partial charge >= 0.3 is 0 Å². The monoisotopic (exact) mass is 867 g/mol. The van der Waals surface area contributed by atoms with Crippen molar-refractivity contribution < 1.29 is 71.4 Å². The fourth-order valence-electron chi connectivity index (χ4n) is 6.18. The van der Waals surface area contributed by atoms with Gasteiger partial charge in [0.05, 0.1) is 55.4 Å². The van der Waals surface area contributed by atoms with Crippen LogP contribution in [-0.2, 0) is 0 Å². The molecule has 0 saturated heterocycles. The van der Waals surface area contributed by atoms with Crippen molar-refractivity contribution in [2.75, 3.05) is 81.6 Å². The van der Waals surface area contributed by atoms with Crippen LogP contribution < -0.4 is 57.9 Å². The first-order valence-corrected chi connectivity index (χ1v) is 19.0. The highest BCUT2D eigenvalue weighted by Gasteiger charge is 2.26. The molecule has 0 radical (unpaired) electrons. The van der Waals surface area contributed by atoms with Gasteiger partial charge in [-0.2, -0.15) is 0 Å². The summed E-state index contributed by atoms with van der Waals surface area (Å²) >= 11 is 0. The summed E-state index contributed by atoms with van der Waals surface area (Å²) in [5.74, 6) is 0. The second-order valence-corrected chi connectivity index (χ2v) is 15.9. The van der Waals surface area contributed by atoms with Gasteiger partial charge in [0.25, 0.3) is 0 Å². The lowest BCUT2D eigenvalue weighted by atomic mass is 10.1. The topological polar surface area (TPSA) is 0 Å². The van der Waals surface area contributed by atoms with Gasteiger partial charge in [-0.15, -0.1) is 0 Å². The Hall–Kier alpha value is 1.57. The average Bonchev–Trinajstić information content (AvgIpc) is 2.92.